The van der Waals surface area contributed by atoms with Gasteiger partial charge in [-0.15, -0.1) is 0 Å². The van der Waals surface area contributed by atoms with Gasteiger partial charge in [0.2, 0.25) is 11.9 Å². The first-order valence-electron chi connectivity index (χ1n) is 8.28. The Kier molecular flexibility index (Phi) is 5.40. The molecule has 0 amide bonds. The first kappa shape index (κ1) is 16.4. The molecule has 2 N–H and O–H groups in total. The SMILES string of the molecule is COc1ccc(Nc2ncnc(NCC3CCCCC3)n2)cc1F. The third kappa shape index (κ3) is 4.31. The molecule has 0 bridgehead atoms. The lowest BCUT2D eigenvalue weighted by Crippen LogP contribution is -2.18. The van der Waals surface area contributed by atoms with E-state index in [4.69, 9.17) is 4.74 Å². The molecular formula is C17H22FN5O. The average Bonchev–Trinajstić information content (AvgIpc) is 2.61. The molecule has 0 atom stereocenters. The van der Waals surface area contributed by atoms with Crippen LogP contribution >= 0.6 is 0 Å². The summed E-state index contributed by atoms with van der Waals surface area (Å²) in [7, 11) is 1.43. The number of methoxy groups -OCH3 is 1. The number of nitrogens with one attached hydrogen (secondary N) is 2. The van der Waals surface area contributed by atoms with E-state index in [1.165, 1.54) is 51.6 Å². The molecule has 6 nitrogen and oxygen atoms in total. The van der Waals surface area contributed by atoms with E-state index in [-0.39, 0.29) is 5.75 Å². The van der Waals surface area contributed by atoms with E-state index >= 15 is 0 Å². The van der Waals surface area contributed by atoms with Crippen molar-refractivity contribution in [1.29, 1.82) is 0 Å². The van der Waals surface area contributed by atoms with Crippen molar-refractivity contribution >= 4 is 17.6 Å². The molecule has 0 aliphatic heterocycles. The van der Waals surface area contributed by atoms with Crippen LogP contribution in [0.15, 0.2) is 24.5 Å². The second-order valence-corrected chi connectivity index (χ2v) is 5.99. The zero-order chi connectivity index (χ0) is 16.8. The van der Waals surface area contributed by atoms with Gasteiger partial charge in [0, 0.05) is 18.3 Å². The summed E-state index contributed by atoms with van der Waals surface area (Å²) in [6.07, 6.45) is 7.91. The van der Waals surface area contributed by atoms with Crippen LogP contribution in [0.4, 0.5) is 22.0 Å². The van der Waals surface area contributed by atoms with Crippen molar-refractivity contribution in [2.75, 3.05) is 24.3 Å². The fourth-order valence-corrected chi connectivity index (χ4v) is 2.94. The topological polar surface area (TPSA) is 72.0 Å². The number of nitrogens with zero attached hydrogens (tertiary/aromatic N) is 3. The first-order chi connectivity index (χ1) is 11.7. The summed E-state index contributed by atoms with van der Waals surface area (Å²) < 4.78 is 18.6. The van der Waals surface area contributed by atoms with Crippen LogP contribution in [0.25, 0.3) is 0 Å². The van der Waals surface area contributed by atoms with E-state index in [1.54, 1.807) is 12.1 Å². The normalized spacial score (nSPS) is 15.1. The maximum atomic E-state index is 13.7. The Morgan fingerprint density at radius 2 is 1.96 bits per heavy atom. The molecule has 0 radical (unpaired) electrons. The number of ether oxygens (including phenoxy) is 1. The predicted octanol–water partition coefficient (Wildman–Crippen LogP) is 3.76. The minimum Gasteiger partial charge on any atom is -0.494 e. The predicted molar refractivity (Wildman–Crippen MR) is 91.1 cm³/mol. The molecule has 1 fully saturated rings. The number of aromatic nitrogens is 3. The lowest BCUT2D eigenvalue weighted by Gasteiger charge is -2.21. The quantitative estimate of drug-likeness (QED) is 0.840. The molecule has 1 heterocycles. The Bertz CT molecular complexity index is 676. The van der Waals surface area contributed by atoms with Gasteiger partial charge in [-0.05, 0) is 30.9 Å². The first-order valence-corrected chi connectivity index (χ1v) is 8.28. The van der Waals surface area contributed by atoms with Gasteiger partial charge in [0.05, 0.1) is 7.11 Å². The van der Waals surface area contributed by atoms with E-state index in [0.717, 1.165) is 6.54 Å². The van der Waals surface area contributed by atoms with Gasteiger partial charge in [0.25, 0.3) is 0 Å². The van der Waals surface area contributed by atoms with Crippen LogP contribution in [-0.2, 0) is 0 Å². The molecule has 128 valence electrons. The molecule has 1 saturated carbocycles. The van der Waals surface area contributed by atoms with Crippen molar-refractivity contribution in [3.63, 3.8) is 0 Å². The highest BCUT2D eigenvalue weighted by Crippen LogP contribution is 2.24. The van der Waals surface area contributed by atoms with Crippen LogP contribution in [0.5, 0.6) is 5.75 Å². The van der Waals surface area contributed by atoms with Gasteiger partial charge in [-0.3, -0.25) is 0 Å². The Morgan fingerprint density at radius 3 is 2.71 bits per heavy atom. The third-order valence-electron chi connectivity index (χ3n) is 4.25. The molecule has 1 aromatic heterocycles. The number of rotatable bonds is 6. The second kappa shape index (κ2) is 7.90. The van der Waals surface area contributed by atoms with E-state index in [2.05, 4.69) is 25.6 Å². The minimum absolute atomic E-state index is 0.200. The van der Waals surface area contributed by atoms with Gasteiger partial charge in [-0.25, -0.2) is 14.4 Å². The lowest BCUT2D eigenvalue weighted by atomic mass is 9.89. The highest BCUT2D eigenvalue weighted by molar-refractivity contribution is 5.55. The van der Waals surface area contributed by atoms with Crippen LogP contribution < -0.4 is 15.4 Å². The number of halogens is 1. The standard InChI is InChI=1S/C17H22FN5O/c1-24-15-8-7-13(9-14(15)18)22-17-21-11-20-16(23-17)19-10-12-5-3-2-4-6-12/h7-9,11-12H,2-6,10H2,1H3,(H2,19,20,21,22,23). The van der Waals surface area contributed by atoms with E-state index < -0.39 is 5.82 Å². The summed E-state index contributed by atoms with van der Waals surface area (Å²) in [6, 6.07) is 4.61. The van der Waals surface area contributed by atoms with Gasteiger partial charge in [-0.1, -0.05) is 19.3 Å². The summed E-state index contributed by atoms with van der Waals surface area (Å²) in [6.45, 7) is 0.876. The molecule has 2 aromatic rings. The zero-order valence-corrected chi connectivity index (χ0v) is 13.8. The van der Waals surface area contributed by atoms with Gasteiger partial charge in [-0.2, -0.15) is 4.98 Å². The Morgan fingerprint density at radius 1 is 1.17 bits per heavy atom. The van der Waals surface area contributed by atoms with Crippen LogP contribution in [0.2, 0.25) is 0 Å². The fourth-order valence-electron chi connectivity index (χ4n) is 2.94. The van der Waals surface area contributed by atoms with Gasteiger partial charge in [0.1, 0.15) is 6.33 Å². The van der Waals surface area contributed by atoms with Crippen LogP contribution in [0.3, 0.4) is 0 Å². The van der Waals surface area contributed by atoms with Crippen molar-refractivity contribution in [1.82, 2.24) is 15.0 Å². The largest absolute Gasteiger partial charge is 0.494 e. The number of hydrogen-bond donors (Lipinski definition) is 2. The number of hydrogen-bond acceptors (Lipinski definition) is 6. The molecule has 7 heteroatoms. The maximum Gasteiger partial charge on any atom is 0.231 e. The van der Waals surface area contributed by atoms with Gasteiger partial charge >= 0.3 is 0 Å². The number of benzene rings is 1. The second-order valence-electron chi connectivity index (χ2n) is 5.99. The summed E-state index contributed by atoms with van der Waals surface area (Å²) in [5.41, 5.74) is 0.553. The minimum atomic E-state index is -0.438. The van der Waals surface area contributed by atoms with Gasteiger partial charge < -0.3 is 15.4 Å². The molecule has 24 heavy (non-hydrogen) atoms. The number of anilines is 3. The van der Waals surface area contributed by atoms with E-state index in [0.29, 0.717) is 23.5 Å². The molecule has 1 aliphatic carbocycles. The Hall–Kier alpha value is -2.44. The molecular weight excluding hydrogens is 309 g/mol. The molecule has 0 spiro atoms. The van der Waals surface area contributed by atoms with Gasteiger partial charge in [0.15, 0.2) is 11.6 Å². The van der Waals surface area contributed by atoms with Crippen molar-refractivity contribution in [2.24, 2.45) is 5.92 Å². The van der Waals surface area contributed by atoms with Crippen LogP contribution in [-0.4, -0.2) is 28.6 Å². The van der Waals surface area contributed by atoms with Crippen molar-refractivity contribution in [3.8, 4) is 5.75 Å². The lowest BCUT2D eigenvalue weighted by molar-refractivity contribution is 0.373. The molecule has 0 saturated heterocycles. The monoisotopic (exact) mass is 331 g/mol. The summed E-state index contributed by atoms with van der Waals surface area (Å²) in [4.78, 5) is 12.5. The van der Waals surface area contributed by atoms with Crippen LogP contribution in [0, 0.1) is 11.7 Å². The van der Waals surface area contributed by atoms with Crippen LogP contribution in [0.1, 0.15) is 32.1 Å². The van der Waals surface area contributed by atoms with Crippen molar-refractivity contribution in [2.45, 2.75) is 32.1 Å². The highest BCUT2D eigenvalue weighted by Gasteiger charge is 2.13. The third-order valence-corrected chi connectivity index (χ3v) is 4.25. The summed E-state index contributed by atoms with van der Waals surface area (Å²) in [5, 5.41) is 6.25. The molecule has 1 aromatic carbocycles. The molecule has 1 aliphatic rings. The average molecular weight is 331 g/mol. The Balaban J connectivity index is 1.61. The fraction of sp³-hybridized carbons (Fsp3) is 0.471. The molecule has 0 unspecified atom stereocenters. The highest BCUT2D eigenvalue weighted by atomic mass is 19.1. The summed E-state index contributed by atoms with van der Waals surface area (Å²) >= 11 is 0. The van der Waals surface area contributed by atoms with Crippen molar-refractivity contribution < 1.29 is 9.13 Å². The maximum absolute atomic E-state index is 13.7. The van der Waals surface area contributed by atoms with E-state index in [9.17, 15) is 4.39 Å². The zero-order valence-electron chi connectivity index (χ0n) is 13.8. The Labute approximate surface area is 140 Å². The smallest absolute Gasteiger partial charge is 0.231 e. The molecule has 3 rings (SSSR count). The summed E-state index contributed by atoms with van der Waals surface area (Å²) in [5.74, 6) is 1.36. The van der Waals surface area contributed by atoms with E-state index in [1.807, 2.05) is 0 Å². The van der Waals surface area contributed by atoms with Crippen molar-refractivity contribution in [3.05, 3.63) is 30.3 Å².